The summed E-state index contributed by atoms with van der Waals surface area (Å²) in [6, 6.07) is 17.8. The van der Waals surface area contributed by atoms with E-state index in [2.05, 4.69) is 5.32 Å². The summed E-state index contributed by atoms with van der Waals surface area (Å²) in [5.74, 6) is -0.326. The number of rotatable bonds is 4. The summed E-state index contributed by atoms with van der Waals surface area (Å²) in [5.41, 5.74) is 0.999. The molecule has 3 aromatic rings. The lowest BCUT2D eigenvalue weighted by molar-refractivity contribution is -0.384. The van der Waals surface area contributed by atoms with Crippen LogP contribution in [0.15, 0.2) is 66.7 Å². The van der Waals surface area contributed by atoms with Gasteiger partial charge in [0.1, 0.15) is 5.02 Å². The molecule has 3 aromatic carbocycles. The molecule has 0 aliphatic heterocycles. The summed E-state index contributed by atoms with van der Waals surface area (Å²) in [5, 5.41) is 15.8. The van der Waals surface area contributed by atoms with Crippen LogP contribution in [0.2, 0.25) is 5.02 Å². The molecule has 0 fully saturated rings. The second kappa shape index (κ2) is 7.15. The largest absolute Gasteiger partial charge is 0.322 e. The quantitative estimate of drug-likeness (QED) is 0.405. The van der Waals surface area contributed by atoms with Gasteiger partial charge in [0.05, 0.1) is 4.92 Å². The fraction of sp³-hybridized carbons (Fsp3) is 0. The van der Waals surface area contributed by atoms with Crippen molar-refractivity contribution in [2.45, 2.75) is 0 Å². The normalized spacial score (nSPS) is 10.9. The number of hydrogen-bond donors (Lipinski definition) is 1. The molecule has 1 N–H and O–H groups in total. The van der Waals surface area contributed by atoms with Gasteiger partial charge in [0, 0.05) is 17.8 Å². The van der Waals surface area contributed by atoms with Crippen LogP contribution in [0.1, 0.15) is 5.56 Å². The third-order valence-corrected chi connectivity index (χ3v) is 3.93. The van der Waals surface area contributed by atoms with Crippen molar-refractivity contribution < 1.29 is 9.72 Å². The Kier molecular flexibility index (Phi) is 4.77. The molecule has 0 radical (unpaired) electrons. The minimum atomic E-state index is -0.561. The number of nitro benzene ring substituents is 1. The van der Waals surface area contributed by atoms with Crippen molar-refractivity contribution in [3.63, 3.8) is 0 Å². The predicted molar refractivity (Wildman–Crippen MR) is 99.7 cm³/mol. The Morgan fingerprint density at radius 1 is 1.04 bits per heavy atom. The molecule has 0 saturated carbocycles. The van der Waals surface area contributed by atoms with E-state index in [1.165, 1.54) is 24.3 Å². The molecule has 1 amide bonds. The predicted octanol–water partition coefficient (Wildman–Crippen LogP) is 5.05. The summed E-state index contributed by atoms with van der Waals surface area (Å²) < 4.78 is 0. The molecule has 0 atom stereocenters. The van der Waals surface area contributed by atoms with Crippen molar-refractivity contribution in [2.75, 3.05) is 5.32 Å². The van der Waals surface area contributed by atoms with Crippen molar-refractivity contribution >= 4 is 45.7 Å². The standard InChI is InChI=1S/C19H13ClN2O3/c20-17-9-5-13(11-18(17)22(24)25)6-10-19(23)21-16-8-7-14-3-1-2-4-15(14)12-16/h1-12H,(H,21,23). The first kappa shape index (κ1) is 16.7. The van der Waals surface area contributed by atoms with Crippen LogP contribution >= 0.6 is 11.6 Å². The number of halogens is 1. The molecule has 5 nitrogen and oxygen atoms in total. The highest BCUT2D eigenvalue weighted by Crippen LogP contribution is 2.25. The summed E-state index contributed by atoms with van der Waals surface area (Å²) in [6.07, 6.45) is 2.82. The van der Waals surface area contributed by atoms with E-state index in [0.717, 1.165) is 10.8 Å². The Bertz CT molecular complexity index is 999. The highest BCUT2D eigenvalue weighted by atomic mass is 35.5. The molecule has 0 spiro atoms. The summed E-state index contributed by atoms with van der Waals surface area (Å²) in [4.78, 5) is 22.4. The number of carbonyl (C=O) groups excluding carboxylic acids is 1. The van der Waals surface area contributed by atoms with Gasteiger partial charge < -0.3 is 5.32 Å². The number of nitrogens with one attached hydrogen (secondary N) is 1. The maximum Gasteiger partial charge on any atom is 0.288 e. The van der Waals surface area contributed by atoms with Gasteiger partial charge in [-0.25, -0.2) is 0 Å². The summed E-state index contributed by atoms with van der Waals surface area (Å²) in [6.45, 7) is 0. The number of hydrogen-bond acceptors (Lipinski definition) is 3. The number of nitrogens with zero attached hydrogens (tertiary/aromatic N) is 1. The van der Waals surface area contributed by atoms with Crippen molar-refractivity contribution in [2.24, 2.45) is 0 Å². The minimum Gasteiger partial charge on any atom is -0.322 e. The van der Waals surface area contributed by atoms with Crippen LogP contribution in [-0.4, -0.2) is 10.8 Å². The molecule has 0 heterocycles. The molecular formula is C19H13ClN2O3. The van der Waals surface area contributed by atoms with E-state index in [0.29, 0.717) is 11.3 Å². The molecule has 25 heavy (non-hydrogen) atoms. The van der Waals surface area contributed by atoms with E-state index in [1.54, 1.807) is 6.07 Å². The van der Waals surface area contributed by atoms with Gasteiger partial charge in [-0.3, -0.25) is 14.9 Å². The van der Waals surface area contributed by atoms with Gasteiger partial charge in [-0.1, -0.05) is 48.0 Å². The van der Waals surface area contributed by atoms with Gasteiger partial charge >= 0.3 is 0 Å². The molecule has 0 unspecified atom stereocenters. The Labute approximate surface area is 148 Å². The lowest BCUT2D eigenvalue weighted by Crippen LogP contribution is -2.07. The van der Waals surface area contributed by atoms with E-state index in [-0.39, 0.29) is 16.6 Å². The van der Waals surface area contributed by atoms with E-state index < -0.39 is 4.92 Å². The topological polar surface area (TPSA) is 72.2 Å². The van der Waals surface area contributed by atoms with Crippen LogP contribution in [-0.2, 0) is 4.79 Å². The molecule has 124 valence electrons. The fourth-order valence-corrected chi connectivity index (χ4v) is 2.58. The van der Waals surface area contributed by atoms with E-state index >= 15 is 0 Å². The summed E-state index contributed by atoms with van der Waals surface area (Å²) in [7, 11) is 0. The third kappa shape index (κ3) is 4.02. The minimum absolute atomic E-state index is 0.0581. The van der Waals surface area contributed by atoms with Gasteiger partial charge in [-0.05, 0) is 40.6 Å². The average molecular weight is 353 g/mol. The number of amides is 1. The first-order chi connectivity index (χ1) is 12.0. The second-order valence-electron chi connectivity index (χ2n) is 5.35. The molecule has 0 saturated heterocycles. The molecule has 6 heteroatoms. The van der Waals surface area contributed by atoms with Gasteiger partial charge in [-0.2, -0.15) is 0 Å². The van der Waals surface area contributed by atoms with Crippen LogP contribution in [0.25, 0.3) is 16.8 Å². The van der Waals surface area contributed by atoms with Crippen LogP contribution < -0.4 is 5.32 Å². The summed E-state index contributed by atoms with van der Waals surface area (Å²) >= 11 is 5.76. The SMILES string of the molecule is O=C(C=Cc1ccc(Cl)c([N+](=O)[O-])c1)Nc1ccc2ccccc2c1. The Morgan fingerprint density at radius 3 is 2.56 bits per heavy atom. The zero-order valence-electron chi connectivity index (χ0n) is 13.0. The van der Waals surface area contributed by atoms with Gasteiger partial charge in [0.25, 0.3) is 5.69 Å². The first-order valence-electron chi connectivity index (χ1n) is 7.45. The molecule has 0 bridgehead atoms. The Hall–Kier alpha value is -3.18. The molecule has 0 aliphatic rings. The fourth-order valence-electron chi connectivity index (χ4n) is 2.40. The monoisotopic (exact) mass is 352 g/mol. The van der Waals surface area contributed by atoms with Gasteiger partial charge in [-0.15, -0.1) is 0 Å². The highest BCUT2D eigenvalue weighted by molar-refractivity contribution is 6.32. The second-order valence-corrected chi connectivity index (χ2v) is 5.76. The van der Waals surface area contributed by atoms with Crippen molar-refractivity contribution in [1.29, 1.82) is 0 Å². The molecule has 3 rings (SSSR count). The number of anilines is 1. The zero-order valence-corrected chi connectivity index (χ0v) is 13.7. The zero-order chi connectivity index (χ0) is 17.8. The van der Waals surface area contributed by atoms with E-state index in [9.17, 15) is 14.9 Å². The number of benzene rings is 3. The molecule has 0 aromatic heterocycles. The van der Waals surface area contributed by atoms with Crippen molar-refractivity contribution in [1.82, 2.24) is 0 Å². The van der Waals surface area contributed by atoms with Crippen LogP contribution in [0, 0.1) is 10.1 Å². The maximum atomic E-state index is 12.0. The van der Waals surface area contributed by atoms with Crippen molar-refractivity contribution in [3.8, 4) is 0 Å². The molecular weight excluding hydrogens is 340 g/mol. The lowest BCUT2D eigenvalue weighted by Gasteiger charge is -2.04. The average Bonchev–Trinajstić information content (AvgIpc) is 2.60. The number of fused-ring (bicyclic) bond motifs is 1. The Balaban J connectivity index is 1.74. The smallest absolute Gasteiger partial charge is 0.288 e. The van der Waals surface area contributed by atoms with Gasteiger partial charge in [0.15, 0.2) is 0 Å². The number of carbonyl (C=O) groups is 1. The van der Waals surface area contributed by atoms with Crippen LogP contribution in [0.4, 0.5) is 11.4 Å². The van der Waals surface area contributed by atoms with Gasteiger partial charge in [0.2, 0.25) is 5.91 Å². The van der Waals surface area contributed by atoms with E-state index in [4.69, 9.17) is 11.6 Å². The molecule has 0 aliphatic carbocycles. The maximum absolute atomic E-state index is 12.0. The van der Waals surface area contributed by atoms with E-state index in [1.807, 2.05) is 42.5 Å². The third-order valence-electron chi connectivity index (χ3n) is 3.61. The van der Waals surface area contributed by atoms with Crippen LogP contribution in [0.3, 0.4) is 0 Å². The first-order valence-corrected chi connectivity index (χ1v) is 7.82. The van der Waals surface area contributed by atoms with Crippen molar-refractivity contribution in [3.05, 3.63) is 87.4 Å². The highest BCUT2D eigenvalue weighted by Gasteiger charge is 2.11. The van der Waals surface area contributed by atoms with Crippen LogP contribution in [0.5, 0.6) is 0 Å². The number of nitro groups is 1. The lowest BCUT2D eigenvalue weighted by atomic mass is 10.1. The Morgan fingerprint density at radius 2 is 1.80 bits per heavy atom.